The second kappa shape index (κ2) is 7.99. The molecule has 2 unspecified atom stereocenters. The van der Waals surface area contributed by atoms with Gasteiger partial charge in [0.1, 0.15) is 0 Å². The zero-order chi connectivity index (χ0) is 15.2. The van der Waals surface area contributed by atoms with E-state index in [1.807, 2.05) is 7.05 Å². The van der Waals surface area contributed by atoms with Crippen LogP contribution in [-0.4, -0.2) is 66.3 Å². The molecular weight excluding hydrogens is 266 g/mol. The molecule has 0 heterocycles. The van der Waals surface area contributed by atoms with Crippen molar-refractivity contribution >= 4 is 6.03 Å². The van der Waals surface area contributed by atoms with Crippen molar-refractivity contribution in [1.29, 1.82) is 0 Å². The Morgan fingerprint density at radius 2 is 1.95 bits per heavy atom. The summed E-state index contributed by atoms with van der Waals surface area (Å²) < 4.78 is 0. The minimum Gasteiger partial charge on any atom is -0.393 e. The fraction of sp³-hybridized carbons (Fsp3) is 0.938. The average Bonchev–Trinajstić information content (AvgIpc) is 3.30. The summed E-state index contributed by atoms with van der Waals surface area (Å²) >= 11 is 0. The number of rotatable bonds is 7. The summed E-state index contributed by atoms with van der Waals surface area (Å²) in [5.74, 6) is 0.244. The first-order valence-corrected chi connectivity index (χ1v) is 8.53. The first-order valence-electron chi connectivity index (χ1n) is 8.53. The molecule has 21 heavy (non-hydrogen) atoms. The minimum atomic E-state index is -0.237. The molecule has 2 N–H and O–H groups in total. The van der Waals surface area contributed by atoms with E-state index in [0.717, 1.165) is 38.4 Å². The van der Waals surface area contributed by atoms with Gasteiger partial charge in [-0.3, -0.25) is 4.90 Å². The molecule has 0 bridgehead atoms. The first kappa shape index (κ1) is 16.6. The summed E-state index contributed by atoms with van der Waals surface area (Å²) in [6.07, 6.45) is 6.57. The molecule has 0 aliphatic heterocycles. The van der Waals surface area contributed by atoms with Gasteiger partial charge in [-0.1, -0.05) is 19.8 Å². The molecule has 0 aromatic rings. The predicted octanol–water partition coefficient (Wildman–Crippen LogP) is 1.66. The molecule has 122 valence electrons. The largest absolute Gasteiger partial charge is 0.393 e. The second-order valence-electron chi connectivity index (χ2n) is 6.58. The van der Waals surface area contributed by atoms with E-state index in [-0.39, 0.29) is 18.1 Å². The number of carbonyl (C=O) groups is 1. The third-order valence-corrected chi connectivity index (χ3v) is 4.87. The van der Waals surface area contributed by atoms with Crippen molar-refractivity contribution < 1.29 is 9.90 Å². The van der Waals surface area contributed by atoms with Gasteiger partial charge in [0.05, 0.1) is 6.10 Å². The Morgan fingerprint density at radius 1 is 1.24 bits per heavy atom. The zero-order valence-electron chi connectivity index (χ0n) is 13.6. The van der Waals surface area contributed by atoms with Crippen LogP contribution >= 0.6 is 0 Å². The SMILES string of the molecule is CCN(CCNC(=O)N(C)CC1CCCCC1O)C1CC1. The fourth-order valence-corrected chi connectivity index (χ4v) is 3.32. The van der Waals surface area contributed by atoms with Crippen molar-refractivity contribution in [2.45, 2.75) is 57.6 Å². The summed E-state index contributed by atoms with van der Waals surface area (Å²) in [7, 11) is 1.83. The van der Waals surface area contributed by atoms with Gasteiger partial charge in [0.15, 0.2) is 0 Å². The smallest absolute Gasteiger partial charge is 0.317 e. The quantitative estimate of drug-likeness (QED) is 0.751. The van der Waals surface area contributed by atoms with Crippen LogP contribution in [0.15, 0.2) is 0 Å². The Hall–Kier alpha value is -0.810. The Morgan fingerprint density at radius 3 is 2.57 bits per heavy atom. The molecule has 2 rings (SSSR count). The van der Waals surface area contributed by atoms with Crippen LogP contribution in [0.5, 0.6) is 0 Å². The maximum absolute atomic E-state index is 12.1. The molecule has 2 atom stereocenters. The lowest BCUT2D eigenvalue weighted by molar-refractivity contribution is 0.0564. The highest BCUT2D eigenvalue weighted by molar-refractivity contribution is 5.73. The number of nitrogens with zero attached hydrogens (tertiary/aromatic N) is 2. The van der Waals surface area contributed by atoms with Crippen LogP contribution in [-0.2, 0) is 0 Å². The van der Waals surface area contributed by atoms with Crippen LogP contribution in [0.2, 0.25) is 0 Å². The molecule has 0 aromatic heterocycles. The first-order chi connectivity index (χ1) is 10.1. The van der Waals surface area contributed by atoms with E-state index in [1.165, 1.54) is 19.3 Å². The van der Waals surface area contributed by atoms with Crippen molar-refractivity contribution in [3.63, 3.8) is 0 Å². The molecule has 2 aliphatic carbocycles. The van der Waals surface area contributed by atoms with Gasteiger partial charge in [0.2, 0.25) is 0 Å². The van der Waals surface area contributed by atoms with E-state index in [2.05, 4.69) is 17.1 Å². The molecule has 0 radical (unpaired) electrons. The number of hydrogen-bond donors (Lipinski definition) is 2. The average molecular weight is 297 g/mol. The topological polar surface area (TPSA) is 55.8 Å². The van der Waals surface area contributed by atoms with Gasteiger partial charge in [0, 0.05) is 38.6 Å². The highest BCUT2D eigenvalue weighted by atomic mass is 16.3. The van der Waals surface area contributed by atoms with Crippen molar-refractivity contribution in [3.8, 4) is 0 Å². The van der Waals surface area contributed by atoms with Crippen LogP contribution in [0, 0.1) is 5.92 Å². The second-order valence-corrected chi connectivity index (χ2v) is 6.58. The Bertz CT molecular complexity index is 333. The van der Waals surface area contributed by atoms with Crippen molar-refractivity contribution in [1.82, 2.24) is 15.1 Å². The number of amides is 2. The predicted molar refractivity (Wildman–Crippen MR) is 84.3 cm³/mol. The molecule has 2 amide bonds. The number of likely N-dealkylation sites (N-methyl/N-ethyl adjacent to an activating group) is 1. The molecule has 2 aliphatic rings. The molecule has 2 saturated carbocycles. The Balaban J connectivity index is 1.64. The fourth-order valence-electron chi connectivity index (χ4n) is 3.32. The normalized spacial score (nSPS) is 25.9. The summed E-state index contributed by atoms with van der Waals surface area (Å²) in [5.41, 5.74) is 0. The van der Waals surface area contributed by atoms with Gasteiger partial charge in [-0.2, -0.15) is 0 Å². The maximum atomic E-state index is 12.1. The molecule has 5 heteroatoms. The number of aliphatic hydroxyl groups excluding tert-OH is 1. The summed E-state index contributed by atoms with van der Waals surface area (Å²) in [5, 5.41) is 13.0. The lowest BCUT2D eigenvalue weighted by Gasteiger charge is -2.31. The van der Waals surface area contributed by atoms with E-state index in [1.54, 1.807) is 4.90 Å². The molecule has 0 spiro atoms. The van der Waals surface area contributed by atoms with Crippen molar-refractivity contribution in [2.75, 3.05) is 33.2 Å². The van der Waals surface area contributed by atoms with E-state index < -0.39 is 0 Å². The van der Waals surface area contributed by atoms with Crippen LogP contribution in [0.1, 0.15) is 45.4 Å². The maximum Gasteiger partial charge on any atom is 0.317 e. The van der Waals surface area contributed by atoms with E-state index in [9.17, 15) is 9.90 Å². The lowest BCUT2D eigenvalue weighted by Crippen LogP contribution is -2.45. The summed E-state index contributed by atoms with van der Waals surface area (Å²) in [4.78, 5) is 16.3. The summed E-state index contributed by atoms with van der Waals surface area (Å²) in [6, 6.07) is 0.738. The van der Waals surface area contributed by atoms with E-state index in [0.29, 0.717) is 13.1 Å². The van der Waals surface area contributed by atoms with E-state index >= 15 is 0 Å². The van der Waals surface area contributed by atoms with Crippen LogP contribution in [0.4, 0.5) is 4.79 Å². The van der Waals surface area contributed by atoms with Gasteiger partial charge in [-0.05, 0) is 32.2 Å². The third kappa shape index (κ3) is 5.15. The molecule has 5 nitrogen and oxygen atoms in total. The van der Waals surface area contributed by atoms with Crippen molar-refractivity contribution in [3.05, 3.63) is 0 Å². The Labute approximate surface area is 128 Å². The van der Waals surface area contributed by atoms with Gasteiger partial charge >= 0.3 is 6.03 Å². The van der Waals surface area contributed by atoms with Gasteiger partial charge < -0.3 is 15.3 Å². The van der Waals surface area contributed by atoms with Gasteiger partial charge in [-0.15, -0.1) is 0 Å². The Kier molecular flexibility index (Phi) is 6.30. The molecule has 2 fully saturated rings. The molecular formula is C16H31N3O2. The molecule has 0 aromatic carbocycles. The monoisotopic (exact) mass is 297 g/mol. The summed E-state index contributed by atoms with van der Waals surface area (Å²) in [6.45, 7) is 5.54. The highest BCUT2D eigenvalue weighted by Crippen LogP contribution is 2.26. The van der Waals surface area contributed by atoms with E-state index in [4.69, 9.17) is 0 Å². The standard InChI is InChI=1S/C16H31N3O2/c1-3-19(14-8-9-14)11-10-17-16(21)18(2)12-13-6-4-5-7-15(13)20/h13-15,20H,3-12H2,1-2H3,(H,17,21). The third-order valence-electron chi connectivity index (χ3n) is 4.87. The number of urea groups is 1. The van der Waals surface area contributed by atoms with Crippen molar-refractivity contribution in [2.24, 2.45) is 5.92 Å². The van der Waals surface area contributed by atoms with Gasteiger partial charge in [-0.25, -0.2) is 4.79 Å². The van der Waals surface area contributed by atoms with Gasteiger partial charge in [0.25, 0.3) is 0 Å². The van der Waals surface area contributed by atoms with Crippen LogP contribution in [0.3, 0.4) is 0 Å². The number of carbonyl (C=O) groups excluding carboxylic acids is 1. The minimum absolute atomic E-state index is 0.0142. The number of hydrogen-bond acceptors (Lipinski definition) is 3. The van der Waals surface area contributed by atoms with Crippen LogP contribution in [0.25, 0.3) is 0 Å². The highest BCUT2D eigenvalue weighted by Gasteiger charge is 2.28. The molecule has 0 saturated heterocycles. The zero-order valence-corrected chi connectivity index (χ0v) is 13.6. The van der Waals surface area contributed by atoms with Crippen LogP contribution < -0.4 is 5.32 Å². The lowest BCUT2D eigenvalue weighted by atomic mass is 9.86. The number of aliphatic hydroxyl groups is 1. The number of nitrogens with one attached hydrogen (secondary N) is 1.